The summed E-state index contributed by atoms with van der Waals surface area (Å²) in [6, 6.07) is 3.56. The number of aliphatic hydroxyl groups is 1. The van der Waals surface area contributed by atoms with E-state index < -0.39 is 28.1 Å². The SMILES string of the molecule is CC(O)C(NS(=O)(=O)c1ccc(C#N)cc1Cl)C(=O)O. The lowest BCUT2D eigenvalue weighted by atomic mass is 10.2. The fourth-order valence-corrected chi connectivity index (χ4v) is 3.18. The van der Waals surface area contributed by atoms with Crippen LogP contribution in [-0.4, -0.2) is 36.7 Å². The van der Waals surface area contributed by atoms with E-state index in [1.807, 2.05) is 4.72 Å². The molecule has 1 rings (SSSR count). The average molecular weight is 319 g/mol. The van der Waals surface area contributed by atoms with Crippen LogP contribution in [0.1, 0.15) is 12.5 Å². The lowest BCUT2D eigenvalue weighted by molar-refractivity contribution is -0.141. The van der Waals surface area contributed by atoms with Gasteiger partial charge in [0.15, 0.2) is 0 Å². The Labute approximate surface area is 120 Å². The predicted octanol–water partition coefficient (Wildman–Crippen LogP) is 0.324. The van der Waals surface area contributed by atoms with E-state index in [1.54, 1.807) is 6.07 Å². The summed E-state index contributed by atoms with van der Waals surface area (Å²) >= 11 is 5.76. The van der Waals surface area contributed by atoms with Crippen molar-refractivity contribution in [3.8, 4) is 6.07 Å². The second-order valence-electron chi connectivity index (χ2n) is 3.93. The standard InChI is InChI=1S/C11H11ClN2O5S/c1-6(15)10(11(16)17)14-20(18,19)9-3-2-7(5-13)4-8(9)12/h2-4,6,10,14-15H,1H3,(H,16,17). The van der Waals surface area contributed by atoms with Gasteiger partial charge in [-0.25, -0.2) is 8.42 Å². The number of nitriles is 1. The van der Waals surface area contributed by atoms with Crippen molar-refractivity contribution in [2.75, 3.05) is 0 Å². The first-order valence-electron chi connectivity index (χ1n) is 5.32. The number of nitrogens with one attached hydrogen (secondary N) is 1. The molecule has 0 saturated heterocycles. The van der Waals surface area contributed by atoms with E-state index >= 15 is 0 Å². The first kappa shape index (κ1) is 16.4. The van der Waals surface area contributed by atoms with Crippen LogP contribution < -0.4 is 4.72 Å². The predicted molar refractivity (Wildman–Crippen MR) is 69.6 cm³/mol. The van der Waals surface area contributed by atoms with Gasteiger partial charge in [-0.1, -0.05) is 11.6 Å². The average Bonchev–Trinajstić information content (AvgIpc) is 2.34. The molecule has 0 saturated carbocycles. The van der Waals surface area contributed by atoms with E-state index in [9.17, 15) is 18.3 Å². The van der Waals surface area contributed by atoms with Gasteiger partial charge >= 0.3 is 5.97 Å². The second-order valence-corrected chi connectivity index (χ2v) is 6.02. The lowest BCUT2D eigenvalue weighted by Gasteiger charge is -2.17. The Bertz CT molecular complexity index is 666. The van der Waals surface area contributed by atoms with Gasteiger partial charge in [0.05, 0.1) is 22.8 Å². The smallest absolute Gasteiger partial charge is 0.324 e. The summed E-state index contributed by atoms with van der Waals surface area (Å²) in [5, 5.41) is 26.5. The Morgan fingerprint density at radius 2 is 2.10 bits per heavy atom. The zero-order valence-electron chi connectivity index (χ0n) is 10.2. The van der Waals surface area contributed by atoms with Crippen molar-refractivity contribution < 1.29 is 23.4 Å². The van der Waals surface area contributed by atoms with E-state index in [2.05, 4.69) is 0 Å². The van der Waals surface area contributed by atoms with Gasteiger partial charge in [-0.15, -0.1) is 0 Å². The van der Waals surface area contributed by atoms with Crippen LogP contribution in [0.4, 0.5) is 0 Å². The Hall–Kier alpha value is -1.66. The second kappa shape index (κ2) is 6.19. The van der Waals surface area contributed by atoms with Crippen LogP contribution in [0.5, 0.6) is 0 Å². The van der Waals surface area contributed by atoms with Crippen LogP contribution in [0.3, 0.4) is 0 Å². The summed E-state index contributed by atoms with van der Waals surface area (Å²) < 4.78 is 25.9. The van der Waals surface area contributed by atoms with E-state index in [0.717, 1.165) is 19.1 Å². The third kappa shape index (κ3) is 3.68. The highest BCUT2D eigenvalue weighted by Crippen LogP contribution is 2.22. The summed E-state index contributed by atoms with van der Waals surface area (Å²) in [7, 11) is -4.24. The van der Waals surface area contributed by atoms with Gasteiger partial charge in [-0.05, 0) is 25.1 Å². The minimum absolute atomic E-state index is 0.166. The molecule has 7 nitrogen and oxygen atoms in total. The zero-order chi connectivity index (χ0) is 15.5. The quantitative estimate of drug-likeness (QED) is 0.717. The Balaban J connectivity index is 3.18. The number of rotatable bonds is 5. The molecule has 2 unspecified atom stereocenters. The topological polar surface area (TPSA) is 127 Å². The molecule has 0 aliphatic heterocycles. The highest BCUT2D eigenvalue weighted by Gasteiger charge is 2.30. The largest absolute Gasteiger partial charge is 0.480 e. The number of aliphatic carboxylic acids is 1. The van der Waals surface area contributed by atoms with Crippen LogP contribution in [0.25, 0.3) is 0 Å². The summed E-state index contributed by atoms with van der Waals surface area (Å²) in [6.07, 6.45) is -1.43. The molecule has 1 aromatic rings. The van der Waals surface area contributed by atoms with Crippen LogP contribution in [0.15, 0.2) is 23.1 Å². The maximum atomic E-state index is 12.0. The van der Waals surface area contributed by atoms with E-state index in [1.165, 1.54) is 6.07 Å². The molecular formula is C11H11ClN2O5S. The molecule has 0 heterocycles. The monoisotopic (exact) mass is 318 g/mol. The number of carbonyl (C=O) groups is 1. The third-order valence-corrected chi connectivity index (χ3v) is 4.31. The lowest BCUT2D eigenvalue weighted by Crippen LogP contribution is -2.47. The molecule has 3 N–H and O–H groups in total. The number of aliphatic hydroxyl groups excluding tert-OH is 1. The summed E-state index contributed by atoms with van der Waals surface area (Å²) in [6.45, 7) is 1.14. The number of carboxylic acids is 1. The van der Waals surface area contributed by atoms with Crippen molar-refractivity contribution in [3.63, 3.8) is 0 Å². The molecule has 20 heavy (non-hydrogen) atoms. The summed E-state index contributed by atoms with van der Waals surface area (Å²) in [5.74, 6) is -1.52. The number of halogens is 1. The molecule has 0 radical (unpaired) electrons. The van der Waals surface area contributed by atoms with Crippen molar-refractivity contribution in [1.29, 1.82) is 5.26 Å². The van der Waals surface area contributed by atoms with Gasteiger partial charge in [0.1, 0.15) is 10.9 Å². The van der Waals surface area contributed by atoms with E-state index in [4.69, 9.17) is 22.0 Å². The number of carboxylic acid groups (broad SMARTS) is 1. The van der Waals surface area contributed by atoms with Gasteiger partial charge in [0, 0.05) is 0 Å². The molecular weight excluding hydrogens is 308 g/mol. The molecule has 0 bridgehead atoms. The molecule has 108 valence electrons. The molecule has 0 aromatic heterocycles. The van der Waals surface area contributed by atoms with Gasteiger partial charge in [0.25, 0.3) is 0 Å². The molecule has 0 aliphatic rings. The molecule has 2 atom stereocenters. The van der Waals surface area contributed by atoms with Crippen molar-refractivity contribution in [2.24, 2.45) is 0 Å². The van der Waals surface area contributed by atoms with Gasteiger partial charge in [-0.2, -0.15) is 9.98 Å². The highest BCUT2D eigenvalue weighted by atomic mass is 35.5. The molecule has 9 heteroatoms. The maximum Gasteiger partial charge on any atom is 0.324 e. The maximum absolute atomic E-state index is 12.0. The Morgan fingerprint density at radius 1 is 1.50 bits per heavy atom. The summed E-state index contributed by atoms with van der Waals surface area (Å²) in [4.78, 5) is 10.5. The van der Waals surface area contributed by atoms with Gasteiger partial charge in [0.2, 0.25) is 10.0 Å². The Morgan fingerprint density at radius 3 is 2.50 bits per heavy atom. The van der Waals surface area contributed by atoms with Crippen LogP contribution >= 0.6 is 11.6 Å². The van der Waals surface area contributed by atoms with E-state index in [-0.39, 0.29) is 15.5 Å². The molecule has 0 amide bonds. The number of benzene rings is 1. The normalized spacial score (nSPS) is 14.3. The third-order valence-electron chi connectivity index (χ3n) is 2.38. The minimum Gasteiger partial charge on any atom is -0.480 e. The van der Waals surface area contributed by atoms with Crippen LogP contribution in [-0.2, 0) is 14.8 Å². The van der Waals surface area contributed by atoms with Gasteiger partial charge < -0.3 is 10.2 Å². The van der Waals surface area contributed by atoms with Crippen molar-refractivity contribution in [1.82, 2.24) is 4.72 Å². The first-order valence-corrected chi connectivity index (χ1v) is 7.18. The number of hydrogen-bond acceptors (Lipinski definition) is 5. The molecule has 0 aliphatic carbocycles. The molecule has 0 fully saturated rings. The molecule has 1 aromatic carbocycles. The van der Waals surface area contributed by atoms with Crippen molar-refractivity contribution >= 4 is 27.6 Å². The Kier molecular flexibility index (Phi) is 5.08. The fourth-order valence-electron chi connectivity index (χ4n) is 1.37. The molecule has 0 spiro atoms. The first-order chi connectivity index (χ1) is 9.19. The van der Waals surface area contributed by atoms with Crippen LogP contribution in [0, 0.1) is 11.3 Å². The van der Waals surface area contributed by atoms with Crippen molar-refractivity contribution in [3.05, 3.63) is 28.8 Å². The van der Waals surface area contributed by atoms with Gasteiger partial charge in [-0.3, -0.25) is 4.79 Å². The fraction of sp³-hybridized carbons (Fsp3) is 0.273. The minimum atomic E-state index is -4.24. The van der Waals surface area contributed by atoms with E-state index in [0.29, 0.717) is 0 Å². The number of hydrogen-bond donors (Lipinski definition) is 3. The van der Waals surface area contributed by atoms with Crippen LogP contribution in [0.2, 0.25) is 5.02 Å². The van der Waals surface area contributed by atoms with Crippen molar-refractivity contribution in [2.45, 2.75) is 24.0 Å². The number of nitrogens with zero attached hydrogens (tertiary/aromatic N) is 1. The number of sulfonamides is 1. The summed E-state index contributed by atoms with van der Waals surface area (Å²) in [5.41, 5.74) is 0.166. The zero-order valence-corrected chi connectivity index (χ0v) is 11.8. The highest BCUT2D eigenvalue weighted by molar-refractivity contribution is 7.89.